The van der Waals surface area contributed by atoms with Crippen molar-refractivity contribution in [2.24, 2.45) is 0 Å². The summed E-state index contributed by atoms with van der Waals surface area (Å²) in [4.78, 5) is 5.06. The highest BCUT2D eigenvalue weighted by atomic mass is 16.3. The number of benzene rings is 11. The van der Waals surface area contributed by atoms with Crippen molar-refractivity contribution in [2.45, 2.75) is 0 Å². The number of nitrogens with zero attached hydrogens (tertiary/aromatic N) is 2. The van der Waals surface area contributed by atoms with Gasteiger partial charge in [-0.15, -0.1) is 0 Å². The van der Waals surface area contributed by atoms with E-state index in [1.165, 1.54) is 82.2 Å². The molecule has 0 radical (unpaired) electrons. The third-order valence-electron chi connectivity index (χ3n) is 13.5. The Morgan fingerprint density at radius 3 is 1.37 bits per heavy atom. The van der Waals surface area contributed by atoms with E-state index < -0.39 is 0 Å². The molecule has 14 rings (SSSR count). The summed E-state index contributed by atoms with van der Waals surface area (Å²) < 4.78 is 6.34. The normalized spacial score (nSPS) is 13.1. The molecule has 0 spiro atoms. The molecule has 0 saturated heterocycles. The number of rotatable bonds is 3. The van der Waals surface area contributed by atoms with E-state index in [9.17, 15) is 0 Å². The average Bonchev–Trinajstić information content (AvgIpc) is 3.71. The lowest BCUT2D eigenvalue weighted by atomic mass is 9.33. The molecule has 0 N–H and O–H groups in total. The standard InChI is InChI=1S/C58H35BN2O/c1-3-15-42(16-4-1)60-52-34-47-39(25-23-36-13-7-9-19-44(36)47)30-50(52)59-51-31-40-26-24-37-14-8-10-20-45(37)48(40)35-53(51)61(43-17-5-2-6-18-43)55-33-41(32-54(60)58(55)59)38-27-28-57-49(29-38)46-21-11-12-22-56(46)62-57/h1-35H. The monoisotopic (exact) mass is 786 g/mol. The highest BCUT2D eigenvalue weighted by Crippen LogP contribution is 2.48. The molecule has 0 bridgehead atoms. The first-order chi connectivity index (χ1) is 30.7. The van der Waals surface area contributed by atoms with E-state index in [-0.39, 0.29) is 6.71 Å². The van der Waals surface area contributed by atoms with Gasteiger partial charge in [-0.25, -0.2) is 0 Å². The van der Waals surface area contributed by atoms with Crippen LogP contribution in [0.5, 0.6) is 0 Å². The summed E-state index contributed by atoms with van der Waals surface area (Å²) in [5.74, 6) is 0. The van der Waals surface area contributed by atoms with Gasteiger partial charge in [0.15, 0.2) is 0 Å². The molecule has 4 heteroatoms. The quantitative estimate of drug-likeness (QED) is 0.131. The van der Waals surface area contributed by atoms with Crippen LogP contribution in [0.15, 0.2) is 217 Å². The Morgan fingerprint density at radius 1 is 0.306 bits per heavy atom. The predicted molar refractivity (Wildman–Crippen MR) is 263 cm³/mol. The van der Waals surface area contributed by atoms with Crippen LogP contribution in [0, 0.1) is 0 Å². The Bertz CT molecular complexity index is 3650. The SMILES string of the molecule is c1ccc(N2c3cc4c(ccc5ccccc54)cc3B3c4cc5ccc6ccccc6c5cc4N(c4ccccc4)c4cc(-c5ccc6oc7ccccc7c6c5)cc2c43)cc1. The minimum absolute atomic E-state index is 0.0361. The number of anilines is 6. The van der Waals surface area contributed by atoms with E-state index >= 15 is 0 Å². The molecule has 0 atom stereocenters. The van der Waals surface area contributed by atoms with Gasteiger partial charge in [-0.1, -0.05) is 146 Å². The van der Waals surface area contributed by atoms with Gasteiger partial charge in [-0.05, 0) is 137 Å². The summed E-state index contributed by atoms with van der Waals surface area (Å²) in [5.41, 5.74) is 15.0. The zero-order chi connectivity index (χ0) is 40.5. The Labute approximate surface area is 358 Å². The van der Waals surface area contributed by atoms with Crippen molar-refractivity contribution in [1.29, 1.82) is 0 Å². The lowest BCUT2D eigenvalue weighted by molar-refractivity contribution is 0.669. The third kappa shape index (κ3) is 4.78. The van der Waals surface area contributed by atoms with Crippen molar-refractivity contribution in [3.63, 3.8) is 0 Å². The first-order valence-electron chi connectivity index (χ1n) is 21.4. The van der Waals surface area contributed by atoms with Gasteiger partial charge in [0.05, 0.1) is 0 Å². The van der Waals surface area contributed by atoms with Gasteiger partial charge in [0.1, 0.15) is 11.2 Å². The van der Waals surface area contributed by atoms with Crippen LogP contribution in [-0.4, -0.2) is 6.71 Å². The fourth-order valence-electron chi connectivity index (χ4n) is 10.8. The van der Waals surface area contributed by atoms with Crippen LogP contribution < -0.4 is 26.2 Å². The molecule has 0 aliphatic carbocycles. The molecule has 286 valence electrons. The van der Waals surface area contributed by atoms with E-state index in [0.29, 0.717) is 0 Å². The Morgan fingerprint density at radius 2 is 0.790 bits per heavy atom. The fraction of sp³-hybridized carbons (Fsp3) is 0. The van der Waals surface area contributed by atoms with Gasteiger partial charge in [0.2, 0.25) is 0 Å². The molecule has 11 aromatic carbocycles. The molecule has 62 heavy (non-hydrogen) atoms. The maximum absolute atomic E-state index is 6.34. The molecule has 0 fully saturated rings. The van der Waals surface area contributed by atoms with Crippen LogP contribution in [0.2, 0.25) is 0 Å². The minimum atomic E-state index is -0.0361. The van der Waals surface area contributed by atoms with Crippen molar-refractivity contribution < 1.29 is 4.42 Å². The van der Waals surface area contributed by atoms with Gasteiger partial charge in [-0.3, -0.25) is 0 Å². The second-order valence-electron chi connectivity index (χ2n) is 16.8. The highest BCUT2D eigenvalue weighted by Gasteiger charge is 2.44. The second-order valence-corrected chi connectivity index (χ2v) is 16.8. The van der Waals surface area contributed by atoms with Crippen molar-refractivity contribution in [1.82, 2.24) is 0 Å². The lowest BCUT2D eigenvalue weighted by Crippen LogP contribution is -2.61. The fourth-order valence-corrected chi connectivity index (χ4v) is 10.8. The summed E-state index contributed by atoms with van der Waals surface area (Å²) in [6, 6.07) is 78.5. The summed E-state index contributed by atoms with van der Waals surface area (Å²) in [6.07, 6.45) is 0. The number of furan rings is 1. The smallest absolute Gasteiger partial charge is 0.252 e. The van der Waals surface area contributed by atoms with E-state index in [1.54, 1.807) is 0 Å². The molecule has 0 saturated carbocycles. The highest BCUT2D eigenvalue weighted by molar-refractivity contribution is 7.00. The van der Waals surface area contributed by atoms with Crippen LogP contribution >= 0.6 is 0 Å². The van der Waals surface area contributed by atoms with Crippen LogP contribution in [0.4, 0.5) is 34.1 Å². The molecule has 0 amide bonds. The number of hydrogen-bond acceptors (Lipinski definition) is 3. The van der Waals surface area contributed by atoms with Crippen LogP contribution in [0.1, 0.15) is 0 Å². The zero-order valence-corrected chi connectivity index (χ0v) is 33.6. The van der Waals surface area contributed by atoms with Gasteiger partial charge >= 0.3 is 0 Å². The lowest BCUT2D eigenvalue weighted by Gasteiger charge is -2.44. The maximum atomic E-state index is 6.34. The first kappa shape index (κ1) is 33.7. The van der Waals surface area contributed by atoms with Gasteiger partial charge in [-0.2, -0.15) is 0 Å². The number of fused-ring (bicyclic) bond motifs is 13. The second kappa shape index (κ2) is 12.7. The topological polar surface area (TPSA) is 19.6 Å². The summed E-state index contributed by atoms with van der Waals surface area (Å²) in [6.45, 7) is -0.0361. The molecular weight excluding hydrogens is 751 g/mol. The molecule has 2 aliphatic heterocycles. The summed E-state index contributed by atoms with van der Waals surface area (Å²) in [7, 11) is 0. The van der Waals surface area contributed by atoms with Gasteiger partial charge < -0.3 is 14.2 Å². The van der Waals surface area contributed by atoms with Crippen LogP contribution in [0.25, 0.3) is 76.2 Å². The number of hydrogen-bond donors (Lipinski definition) is 0. The third-order valence-corrected chi connectivity index (χ3v) is 13.5. The van der Waals surface area contributed by atoms with Crippen molar-refractivity contribution in [3.05, 3.63) is 212 Å². The molecular formula is C58H35BN2O. The van der Waals surface area contributed by atoms with E-state index in [0.717, 1.165) is 44.4 Å². The molecule has 12 aromatic rings. The molecule has 1 aromatic heterocycles. The Kier molecular flexibility index (Phi) is 6.92. The minimum Gasteiger partial charge on any atom is -0.456 e. The van der Waals surface area contributed by atoms with Crippen molar-refractivity contribution in [2.75, 3.05) is 9.80 Å². The predicted octanol–water partition coefficient (Wildman–Crippen LogP) is 13.9. The molecule has 3 heterocycles. The summed E-state index contributed by atoms with van der Waals surface area (Å²) >= 11 is 0. The van der Waals surface area contributed by atoms with Gasteiger partial charge in [0.25, 0.3) is 6.71 Å². The van der Waals surface area contributed by atoms with E-state index in [1.807, 2.05) is 6.07 Å². The Hall–Kier alpha value is -8.08. The zero-order valence-electron chi connectivity index (χ0n) is 33.6. The van der Waals surface area contributed by atoms with Crippen LogP contribution in [-0.2, 0) is 0 Å². The summed E-state index contributed by atoms with van der Waals surface area (Å²) in [5, 5.41) is 12.3. The van der Waals surface area contributed by atoms with E-state index in [4.69, 9.17) is 4.42 Å². The van der Waals surface area contributed by atoms with Crippen molar-refractivity contribution in [3.8, 4) is 11.1 Å². The average molecular weight is 787 g/mol. The Balaban J connectivity index is 1.14. The van der Waals surface area contributed by atoms with Crippen molar-refractivity contribution >= 4 is 122 Å². The molecule has 0 unspecified atom stereocenters. The largest absolute Gasteiger partial charge is 0.456 e. The molecule has 3 nitrogen and oxygen atoms in total. The number of para-hydroxylation sites is 3. The van der Waals surface area contributed by atoms with Gasteiger partial charge in [0, 0.05) is 44.9 Å². The maximum Gasteiger partial charge on any atom is 0.252 e. The van der Waals surface area contributed by atoms with Crippen LogP contribution in [0.3, 0.4) is 0 Å². The molecule has 2 aliphatic rings. The van der Waals surface area contributed by atoms with E-state index in [2.05, 4.69) is 216 Å². The first-order valence-corrected chi connectivity index (χ1v) is 21.4.